The van der Waals surface area contributed by atoms with E-state index in [1.165, 1.54) is 44.9 Å². The molecular weight excluding hydrogens is 198 g/mol. The fourth-order valence-corrected chi connectivity index (χ4v) is 4.93. The second kappa shape index (κ2) is 3.48. The van der Waals surface area contributed by atoms with Gasteiger partial charge in [0.25, 0.3) is 0 Å². The SMILES string of the molecule is CN(C)C(=O)C12CC3CCC(CC(C3)C1)C2. The zero-order chi connectivity index (χ0) is 11.3. The highest BCUT2D eigenvalue weighted by molar-refractivity contribution is 5.82. The monoisotopic (exact) mass is 221 g/mol. The largest absolute Gasteiger partial charge is 0.348 e. The molecule has 0 aromatic rings. The van der Waals surface area contributed by atoms with Crippen LogP contribution >= 0.6 is 0 Å². The second-order valence-corrected chi connectivity index (χ2v) is 6.74. The molecule has 90 valence electrons. The lowest BCUT2D eigenvalue weighted by molar-refractivity contribution is -0.147. The third kappa shape index (κ3) is 1.49. The number of hydrogen-bond donors (Lipinski definition) is 0. The molecule has 2 nitrogen and oxygen atoms in total. The molecule has 2 unspecified atom stereocenters. The summed E-state index contributed by atoms with van der Waals surface area (Å²) in [4.78, 5) is 14.3. The van der Waals surface area contributed by atoms with Crippen molar-refractivity contribution >= 4 is 5.91 Å². The molecule has 0 N–H and O–H groups in total. The van der Waals surface area contributed by atoms with E-state index in [0.717, 1.165) is 17.8 Å². The maximum atomic E-state index is 12.5. The van der Waals surface area contributed by atoms with Gasteiger partial charge in [-0.05, 0) is 49.9 Å². The molecule has 2 heteroatoms. The van der Waals surface area contributed by atoms with Gasteiger partial charge < -0.3 is 4.90 Å². The summed E-state index contributed by atoms with van der Waals surface area (Å²) in [6.07, 6.45) is 9.19. The molecule has 0 radical (unpaired) electrons. The van der Waals surface area contributed by atoms with Crippen LogP contribution in [0.4, 0.5) is 0 Å². The number of rotatable bonds is 1. The van der Waals surface area contributed by atoms with Crippen LogP contribution in [0.3, 0.4) is 0 Å². The van der Waals surface area contributed by atoms with Crippen molar-refractivity contribution in [1.82, 2.24) is 4.90 Å². The summed E-state index contributed by atoms with van der Waals surface area (Å²) in [6, 6.07) is 0. The van der Waals surface area contributed by atoms with E-state index < -0.39 is 0 Å². The molecule has 16 heavy (non-hydrogen) atoms. The Kier molecular flexibility index (Phi) is 2.31. The molecule has 0 saturated heterocycles. The Morgan fingerprint density at radius 3 is 2.00 bits per heavy atom. The Bertz CT molecular complexity index is 294. The number of amides is 1. The third-order valence-electron chi connectivity index (χ3n) is 5.21. The summed E-state index contributed by atoms with van der Waals surface area (Å²) in [5.74, 6) is 3.00. The molecule has 2 atom stereocenters. The van der Waals surface area contributed by atoms with Crippen LogP contribution in [0, 0.1) is 23.2 Å². The number of nitrogens with zero attached hydrogens (tertiary/aromatic N) is 1. The summed E-state index contributed by atoms with van der Waals surface area (Å²) in [5, 5.41) is 0. The molecule has 0 aliphatic heterocycles. The highest BCUT2D eigenvalue weighted by Crippen LogP contribution is 2.58. The minimum atomic E-state index is 0.0521. The fraction of sp³-hybridized carbons (Fsp3) is 0.929. The first-order chi connectivity index (χ1) is 7.59. The predicted molar refractivity (Wildman–Crippen MR) is 63.9 cm³/mol. The predicted octanol–water partition coefficient (Wildman–Crippen LogP) is 2.68. The lowest BCUT2D eigenvalue weighted by Gasteiger charge is -2.48. The number of carbonyl (C=O) groups is 1. The first-order valence-electron chi connectivity index (χ1n) is 6.81. The van der Waals surface area contributed by atoms with Gasteiger partial charge in [0.05, 0.1) is 5.41 Å². The number of carbonyl (C=O) groups excluding carboxylic acids is 1. The Morgan fingerprint density at radius 2 is 1.50 bits per heavy atom. The summed E-state index contributed by atoms with van der Waals surface area (Å²) >= 11 is 0. The lowest BCUT2D eigenvalue weighted by Crippen LogP contribution is -2.48. The summed E-state index contributed by atoms with van der Waals surface area (Å²) in [6.45, 7) is 0. The Labute approximate surface area is 98.4 Å². The van der Waals surface area contributed by atoms with Crippen LogP contribution in [-0.4, -0.2) is 24.9 Å². The van der Waals surface area contributed by atoms with Crippen LogP contribution < -0.4 is 0 Å². The Balaban J connectivity index is 1.93. The third-order valence-corrected chi connectivity index (χ3v) is 5.21. The van der Waals surface area contributed by atoms with Gasteiger partial charge in [0.1, 0.15) is 0 Å². The van der Waals surface area contributed by atoms with Crippen molar-refractivity contribution in [2.75, 3.05) is 14.1 Å². The van der Waals surface area contributed by atoms with Crippen LogP contribution in [0.1, 0.15) is 44.9 Å². The van der Waals surface area contributed by atoms with Gasteiger partial charge in [-0.15, -0.1) is 0 Å². The van der Waals surface area contributed by atoms with Crippen LogP contribution in [0.2, 0.25) is 0 Å². The van der Waals surface area contributed by atoms with Gasteiger partial charge in [-0.2, -0.15) is 0 Å². The van der Waals surface area contributed by atoms with E-state index in [0.29, 0.717) is 5.91 Å². The first-order valence-corrected chi connectivity index (χ1v) is 6.81. The molecule has 4 aliphatic rings. The van der Waals surface area contributed by atoms with Gasteiger partial charge >= 0.3 is 0 Å². The minimum absolute atomic E-state index is 0.0521. The molecular formula is C14H23NO. The first kappa shape index (κ1) is 10.6. The van der Waals surface area contributed by atoms with E-state index in [1.54, 1.807) is 0 Å². The zero-order valence-electron chi connectivity index (χ0n) is 10.5. The van der Waals surface area contributed by atoms with Gasteiger partial charge in [-0.1, -0.05) is 12.8 Å². The minimum Gasteiger partial charge on any atom is -0.348 e. The maximum absolute atomic E-state index is 12.5. The molecule has 0 spiro atoms. The van der Waals surface area contributed by atoms with E-state index in [9.17, 15) is 4.79 Å². The van der Waals surface area contributed by atoms with Crippen molar-refractivity contribution < 1.29 is 4.79 Å². The second-order valence-electron chi connectivity index (χ2n) is 6.74. The summed E-state index contributed by atoms with van der Waals surface area (Å²) in [7, 11) is 3.86. The highest BCUT2D eigenvalue weighted by Gasteiger charge is 2.52. The average Bonchev–Trinajstić information content (AvgIpc) is 2.44. The van der Waals surface area contributed by atoms with Gasteiger partial charge in [-0.25, -0.2) is 0 Å². The van der Waals surface area contributed by atoms with Crippen molar-refractivity contribution in [1.29, 1.82) is 0 Å². The van der Waals surface area contributed by atoms with Crippen molar-refractivity contribution in [3.05, 3.63) is 0 Å². The van der Waals surface area contributed by atoms with Gasteiger partial charge in [0.15, 0.2) is 0 Å². The van der Waals surface area contributed by atoms with Crippen LogP contribution in [0.15, 0.2) is 0 Å². The van der Waals surface area contributed by atoms with Crippen LogP contribution in [0.5, 0.6) is 0 Å². The zero-order valence-corrected chi connectivity index (χ0v) is 10.5. The maximum Gasteiger partial charge on any atom is 0.228 e. The van der Waals surface area contributed by atoms with Crippen LogP contribution in [0.25, 0.3) is 0 Å². The standard InChI is InChI=1S/C14H23NO/c1-15(2)13(16)14-7-10-3-4-11(8-14)6-12(5-10)9-14/h10-12H,3-9H2,1-2H3. The highest BCUT2D eigenvalue weighted by atomic mass is 16.2. The quantitative estimate of drug-likeness (QED) is 0.666. The van der Waals surface area contributed by atoms with Gasteiger partial charge in [-0.3, -0.25) is 4.79 Å². The van der Waals surface area contributed by atoms with Crippen molar-refractivity contribution in [2.45, 2.75) is 44.9 Å². The summed E-state index contributed by atoms with van der Waals surface area (Å²) < 4.78 is 0. The van der Waals surface area contributed by atoms with Gasteiger partial charge in [0, 0.05) is 14.1 Å². The van der Waals surface area contributed by atoms with Crippen molar-refractivity contribution in [3.63, 3.8) is 0 Å². The van der Waals surface area contributed by atoms with E-state index in [4.69, 9.17) is 0 Å². The molecule has 0 aromatic heterocycles. The van der Waals surface area contributed by atoms with Crippen molar-refractivity contribution in [3.8, 4) is 0 Å². The number of hydrogen-bond acceptors (Lipinski definition) is 1. The molecule has 1 amide bonds. The van der Waals surface area contributed by atoms with Gasteiger partial charge in [0.2, 0.25) is 5.91 Å². The van der Waals surface area contributed by atoms with E-state index in [2.05, 4.69) is 0 Å². The molecule has 4 fully saturated rings. The average molecular weight is 221 g/mol. The van der Waals surface area contributed by atoms with E-state index in [1.807, 2.05) is 19.0 Å². The summed E-state index contributed by atoms with van der Waals surface area (Å²) in [5.41, 5.74) is 0.0521. The molecule has 0 heterocycles. The van der Waals surface area contributed by atoms with E-state index >= 15 is 0 Å². The Morgan fingerprint density at radius 1 is 1.00 bits per heavy atom. The molecule has 4 rings (SSSR count). The fourth-order valence-electron chi connectivity index (χ4n) is 4.93. The molecule has 0 aromatic carbocycles. The number of fused-ring (bicyclic) bond motifs is 1. The molecule has 4 bridgehead atoms. The lowest BCUT2D eigenvalue weighted by atomic mass is 9.58. The Hall–Kier alpha value is -0.530. The smallest absolute Gasteiger partial charge is 0.228 e. The normalized spacial score (nSPS) is 45.5. The van der Waals surface area contributed by atoms with Crippen molar-refractivity contribution in [2.24, 2.45) is 23.2 Å². The van der Waals surface area contributed by atoms with Crippen LogP contribution in [-0.2, 0) is 4.79 Å². The van der Waals surface area contributed by atoms with E-state index in [-0.39, 0.29) is 5.41 Å². The topological polar surface area (TPSA) is 20.3 Å². The molecule has 4 aliphatic carbocycles. The molecule has 4 saturated carbocycles.